The van der Waals surface area contributed by atoms with Crippen molar-refractivity contribution in [2.45, 2.75) is 29.5 Å². The predicted molar refractivity (Wildman–Crippen MR) is 66.8 cm³/mol. The van der Waals surface area contributed by atoms with E-state index in [1.807, 2.05) is 38.2 Å². The van der Waals surface area contributed by atoms with Crippen LogP contribution >= 0.6 is 11.8 Å². The first-order valence-corrected chi connectivity index (χ1v) is 6.32. The molecule has 5 heteroatoms. The second-order valence-corrected chi connectivity index (χ2v) is 4.80. The molecule has 17 heavy (non-hydrogen) atoms. The van der Waals surface area contributed by atoms with Crippen molar-refractivity contribution in [1.82, 2.24) is 14.8 Å². The lowest BCUT2D eigenvalue weighted by Gasteiger charge is -2.08. The Hall–Kier alpha value is -1.33. The molecule has 0 unspecified atom stereocenters. The molecular formula is C12H15N3OS. The van der Waals surface area contributed by atoms with Crippen molar-refractivity contribution in [3.63, 3.8) is 0 Å². The third-order valence-electron chi connectivity index (χ3n) is 2.53. The summed E-state index contributed by atoms with van der Waals surface area (Å²) in [4.78, 5) is 5.24. The van der Waals surface area contributed by atoms with Crippen molar-refractivity contribution < 1.29 is 5.11 Å². The van der Waals surface area contributed by atoms with Crippen molar-refractivity contribution in [3.05, 3.63) is 36.2 Å². The van der Waals surface area contributed by atoms with E-state index in [2.05, 4.69) is 10.1 Å². The molecule has 0 spiro atoms. The third-order valence-corrected chi connectivity index (χ3v) is 3.59. The molecule has 0 radical (unpaired) electrons. The number of aliphatic hydroxyl groups excluding tert-OH is 1. The van der Waals surface area contributed by atoms with Crippen LogP contribution in [0.4, 0.5) is 0 Å². The van der Waals surface area contributed by atoms with Crippen molar-refractivity contribution >= 4 is 11.8 Å². The summed E-state index contributed by atoms with van der Waals surface area (Å²) in [6.07, 6.45) is 1.90. The zero-order valence-corrected chi connectivity index (χ0v) is 10.7. The highest BCUT2D eigenvalue weighted by Crippen LogP contribution is 2.26. The maximum atomic E-state index is 9.69. The molecule has 0 fully saturated rings. The Morgan fingerprint density at radius 3 is 2.59 bits per heavy atom. The zero-order valence-electron chi connectivity index (χ0n) is 9.87. The number of hydrogen-bond acceptors (Lipinski definition) is 4. The van der Waals surface area contributed by atoms with Gasteiger partial charge in [-0.15, -0.1) is 0 Å². The van der Waals surface area contributed by atoms with E-state index in [4.69, 9.17) is 0 Å². The Labute approximate surface area is 105 Å². The van der Waals surface area contributed by atoms with Crippen molar-refractivity contribution in [3.8, 4) is 0 Å². The Kier molecular flexibility index (Phi) is 3.81. The van der Waals surface area contributed by atoms with E-state index in [0.717, 1.165) is 22.0 Å². The lowest BCUT2D eigenvalue weighted by Crippen LogP contribution is -1.95. The minimum atomic E-state index is -0.371. The fraction of sp³-hybridized carbons (Fsp3) is 0.333. The summed E-state index contributed by atoms with van der Waals surface area (Å²) in [5.74, 6) is 0. The van der Waals surface area contributed by atoms with Crippen LogP contribution < -0.4 is 0 Å². The topological polar surface area (TPSA) is 50.9 Å². The summed E-state index contributed by atoms with van der Waals surface area (Å²) in [5, 5.41) is 14.6. The fourth-order valence-electron chi connectivity index (χ4n) is 1.48. The molecule has 0 amide bonds. The van der Waals surface area contributed by atoms with Gasteiger partial charge in [0.15, 0.2) is 5.16 Å². The molecule has 4 nitrogen and oxygen atoms in total. The smallest absolute Gasteiger partial charge is 0.190 e. The maximum absolute atomic E-state index is 9.69. The SMILES string of the molecule is CC[C@H](O)c1ccc(Sc2ncnn2C)cc1. The largest absolute Gasteiger partial charge is 0.388 e. The van der Waals surface area contributed by atoms with E-state index in [1.165, 1.54) is 6.33 Å². The predicted octanol–water partition coefficient (Wildman–Crippen LogP) is 2.41. The quantitative estimate of drug-likeness (QED) is 0.904. The molecule has 0 aliphatic heterocycles. The standard InChI is InChI=1S/C12H15N3OS/c1-3-11(16)9-4-6-10(7-5-9)17-12-13-8-14-15(12)2/h4-8,11,16H,3H2,1-2H3/t11-/m0/s1. The average molecular weight is 249 g/mol. The number of benzene rings is 1. The first kappa shape index (κ1) is 12.1. The molecule has 1 heterocycles. The summed E-state index contributed by atoms with van der Waals surface area (Å²) in [7, 11) is 1.87. The van der Waals surface area contributed by atoms with E-state index in [-0.39, 0.29) is 6.10 Å². The molecule has 2 aromatic rings. The van der Waals surface area contributed by atoms with Gasteiger partial charge in [-0.3, -0.25) is 0 Å². The highest BCUT2D eigenvalue weighted by molar-refractivity contribution is 7.99. The number of rotatable bonds is 4. The molecule has 2 rings (SSSR count). The van der Waals surface area contributed by atoms with Crippen LogP contribution in [0.3, 0.4) is 0 Å². The van der Waals surface area contributed by atoms with Crippen LogP contribution in [0.1, 0.15) is 25.0 Å². The Morgan fingerprint density at radius 2 is 2.06 bits per heavy atom. The van der Waals surface area contributed by atoms with Gasteiger partial charge in [0, 0.05) is 11.9 Å². The van der Waals surface area contributed by atoms with E-state index in [1.54, 1.807) is 16.4 Å². The normalized spacial score (nSPS) is 12.6. The molecule has 1 aromatic heterocycles. The van der Waals surface area contributed by atoms with Gasteiger partial charge in [0.1, 0.15) is 6.33 Å². The van der Waals surface area contributed by atoms with Crippen molar-refractivity contribution in [1.29, 1.82) is 0 Å². The van der Waals surface area contributed by atoms with Gasteiger partial charge in [-0.1, -0.05) is 30.8 Å². The summed E-state index contributed by atoms with van der Waals surface area (Å²) in [6, 6.07) is 7.89. The molecule has 0 aliphatic rings. The van der Waals surface area contributed by atoms with Crippen LogP contribution in [0, 0.1) is 0 Å². The van der Waals surface area contributed by atoms with Gasteiger partial charge in [-0.05, 0) is 24.1 Å². The summed E-state index contributed by atoms with van der Waals surface area (Å²) < 4.78 is 1.74. The van der Waals surface area contributed by atoms with E-state index in [9.17, 15) is 5.11 Å². The number of hydrogen-bond donors (Lipinski definition) is 1. The van der Waals surface area contributed by atoms with Crippen LogP contribution in [0.5, 0.6) is 0 Å². The third kappa shape index (κ3) is 2.87. The van der Waals surface area contributed by atoms with Gasteiger partial charge in [-0.2, -0.15) is 5.10 Å². The lowest BCUT2D eigenvalue weighted by molar-refractivity contribution is 0.173. The van der Waals surface area contributed by atoms with Crippen LogP contribution in [-0.4, -0.2) is 19.9 Å². The molecule has 0 bridgehead atoms. The van der Waals surface area contributed by atoms with Gasteiger partial charge < -0.3 is 5.11 Å². The van der Waals surface area contributed by atoms with E-state index >= 15 is 0 Å². The molecule has 1 N–H and O–H groups in total. The summed E-state index contributed by atoms with van der Waals surface area (Å²) in [6.45, 7) is 1.97. The molecular weight excluding hydrogens is 234 g/mol. The highest BCUT2D eigenvalue weighted by atomic mass is 32.2. The minimum Gasteiger partial charge on any atom is -0.388 e. The Balaban J connectivity index is 2.11. The molecule has 1 aromatic carbocycles. The second kappa shape index (κ2) is 5.33. The van der Waals surface area contributed by atoms with Gasteiger partial charge >= 0.3 is 0 Å². The Morgan fingerprint density at radius 1 is 1.35 bits per heavy atom. The first-order chi connectivity index (χ1) is 8.20. The summed E-state index contributed by atoms with van der Waals surface area (Å²) in [5.41, 5.74) is 0.954. The molecule has 0 saturated heterocycles. The van der Waals surface area contributed by atoms with Gasteiger partial charge in [0.2, 0.25) is 0 Å². The van der Waals surface area contributed by atoms with Crippen LogP contribution in [-0.2, 0) is 7.05 Å². The monoisotopic (exact) mass is 249 g/mol. The van der Waals surface area contributed by atoms with Gasteiger partial charge in [-0.25, -0.2) is 9.67 Å². The summed E-state index contributed by atoms with van der Waals surface area (Å²) >= 11 is 1.56. The zero-order chi connectivity index (χ0) is 12.3. The average Bonchev–Trinajstić information content (AvgIpc) is 2.75. The molecule has 0 saturated carbocycles. The fourth-order valence-corrected chi connectivity index (χ4v) is 2.24. The number of nitrogens with zero attached hydrogens (tertiary/aromatic N) is 3. The lowest BCUT2D eigenvalue weighted by atomic mass is 10.1. The van der Waals surface area contributed by atoms with Crippen LogP contribution in [0.15, 0.2) is 40.6 Å². The molecule has 1 atom stereocenters. The van der Waals surface area contributed by atoms with Crippen molar-refractivity contribution in [2.24, 2.45) is 7.05 Å². The number of aromatic nitrogens is 3. The highest BCUT2D eigenvalue weighted by Gasteiger charge is 2.06. The first-order valence-electron chi connectivity index (χ1n) is 5.50. The number of aryl methyl sites for hydroxylation is 1. The minimum absolute atomic E-state index is 0.371. The van der Waals surface area contributed by atoms with Crippen LogP contribution in [0.2, 0.25) is 0 Å². The van der Waals surface area contributed by atoms with E-state index in [0.29, 0.717) is 0 Å². The van der Waals surface area contributed by atoms with Gasteiger partial charge in [0.05, 0.1) is 6.10 Å². The van der Waals surface area contributed by atoms with E-state index < -0.39 is 0 Å². The Bertz CT molecular complexity index is 481. The number of aliphatic hydroxyl groups is 1. The maximum Gasteiger partial charge on any atom is 0.190 e. The van der Waals surface area contributed by atoms with Crippen molar-refractivity contribution in [2.75, 3.05) is 0 Å². The van der Waals surface area contributed by atoms with Gasteiger partial charge in [0.25, 0.3) is 0 Å². The van der Waals surface area contributed by atoms with Crippen LogP contribution in [0.25, 0.3) is 0 Å². The molecule has 90 valence electrons. The molecule has 0 aliphatic carbocycles. The second-order valence-electron chi connectivity index (χ2n) is 3.76.